The lowest BCUT2D eigenvalue weighted by Crippen LogP contribution is -2.21. The number of aromatic nitrogens is 1. The third kappa shape index (κ3) is 3.43. The number of nitrogens with zero attached hydrogens (tertiary/aromatic N) is 1. The molecule has 1 aromatic carbocycles. The first-order valence-corrected chi connectivity index (χ1v) is 5.65. The van der Waals surface area contributed by atoms with Gasteiger partial charge in [-0.15, -0.1) is 0 Å². The second kappa shape index (κ2) is 5.35. The zero-order chi connectivity index (χ0) is 13.0. The first-order valence-electron chi connectivity index (χ1n) is 5.65. The molecule has 96 valence electrons. The van der Waals surface area contributed by atoms with E-state index in [1.165, 1.54) is 0 Å². The van der Waals surface area contributed by atoms with Crippen LogP contribution in [0.5, 0.6) is 0 Å². The third-order valence-corrected chi connectivity index (χ3v) is 2.65. The van der Waals surface area contributed by atoms with Gasteiger partial charge in [0.1, 0.15) is 0 Å². The average molecular weight is 254 g/mol. The van der Waals surface area contributed by atoms with Gasteiger partial charge in [0, 0.05) is 30.9 Å². The van der Waals surface area contributed by atoms with Crippen LogP contribution in [0.4, 0.5) is 13.2 Å². The monoisotopic (exact) mass is 254 g/mol. The minimum absolute atomic E-state index is 0.0767. The highest BCUT2D eigenvalue weighted by molar-refractivity contribution is 5.84. The Bertz CT molecular complexity index is 518. The molecule has 0 atom stereocenters. The fourth-order valence-electron chi connectivity index (χ4n) is 1.77. The lowest BCUT2D eigenvalue weighted by Gasteiger charge is -2.09. The van der Waals surface area contributed by atoms with Gasteiger partial charge < -0.3 is 5.32 Å². The summed E-state index contributed by atoms with van der Waals surface area (Å²) in [6.45, 7) is 0.317. The van der Waals surface area contributed by atoms with E-state index in [0.717, 1.165) is 16.3 Å². The first-order chi connectivity index (χ1) is 8.56. The van der Waals surface area contributed by atoms with E-state index in [2.05, 4.69) is 10.3 Å². The number of hydrogen-bond donors (Lipinski definition) is 1. The van der Waals surface area contributed by atoms with Crippen LogP contribution < -0.4 is 5.32 Å². The molecule has 0 amide bonds. The topological polar surface area (TPSA) is 24.9 Å². The highest BCUT2D eigenvalue weighted by atomic mass is 19.4. The molecule has 5 heteroatoms. The number of alkyl halides is 3. The molecule has 1 aromatic heterocycles. The number of benzene rings is 1. The van der Waals surface area contributed by atoms with Gasteiger partial charge in [-0.25, -0.2) is 0 Å². The molecular formula is C13H13F3N2. The van der Waals surface area contributed by atoms with Crippen LogP contribution in [-0.4, -0.2) is 17.7 Å². The van der Waals surface area contributed by atoms with Crippen molar-refractivity contribution in [1.82, 2.24) is 10.3 Å². The molecule has 0 radical (unpaired) electrons. The van der Waals surface area contributed by atoms with Crippen molar-refractivity contribution in [3.05, 3.63) is 42.2 Å². The molecule has 0 saturated carbocycles. The molecule has 0 fully saturated rings. The predicted molar refractivity (Wildman–Crippen MR) is 64.1 cm³/mol. The van der Waals surface area contributed by atoms with Gasteiger partial charge in [0.15, 0.2) is 0 Å². The van der Waals surface area contributed by atoms with Crippen molar-refractivity contribution in [1.29, 1.82) is 0 Å². The Morgan fingerprint density at radius 2 is 1.89 bits per heavy atom. The van der Waals surface area contributed by atoms with E-state index in [4.69, 9.17) is 0 Å². The number of pyridine rings is 1. The molecule has 1 N–H and O–H groups in total. The molecule has 0 bridgehead atoms. The summed E-state index contributed by atoms with van der Waals surface area (Å²) in [6.07, 6.45) is -1.49. The summed E-state index contributed by atoms with van der Waals surface area (Å²) in [5.74, 6) is 0. The number of fused-ring (bicyclic) bond motifs is 1. The van der Waals surface area contributed by atoms with Crippen molar-refractivity contribution >= 4 is 10.8 Å². The van der Waals surface area contributed by atoms with E-state index in [9.17, 15) is 13.2 Å². The van der Waals surface area contributed by atoms with E-state index in [0.29, 0.717) is 6.54 Å². The van der Waals surface area contributed by atoms with Crippen molar-refractivity contribution in [2.45, 2.75) is 19.1 Å². The van der Waals surface area contributed by atoms with E-state index in [-0.39, 0.29) is 6.54 Å². The molecule has 2 rings (SSSR count). The number of halogens is 3. The van der Waals surface area contributed by atoms with Gasteiger partial charge >= 0.3 is 6.18 Å². The molecule has 0 spiro atoms. The maximum atomic E-state index is 12.0. The molecule has 0 saturated heterocycles. The predicted octanol–water partition coefficient (Wildman–Crippen LogP) is 3.28. The Labute approximate surface area is 103 Å². The molecule has 0 unspecified atom stereocenters. The van der Waals surface area contributed by atoms with Crippen molar-refractivity contribution in [3.63, 3.8) is 0 Å². The van der Waals surface area contributed by atoms with Crippen molar-refractivity contribution < 1.29 is 13.2 Å². The molecule has 0 aliphatic heterocycles. The third-order valence-electron chi connectivity index (χ3n) is 2.65. The van der Waals surface area contributed by atoms with E-state index < -0.39 is 12.6 Å². The van der Waals surface area contributed by atoms with E-state index in [1.54, 1.807) is 12.4 Å². The quantitative estimate of drug-likeness (QED) is 0.847. The number of nitrogens with one attached hydrogen (secondary N) is 1. The van der Waals surface area contributed by atoms with Crippen LogP contribution in [0.25, 0.3) is 10.8 Å². The lowest BCUT2D eigenvalue weighted by atomic mass is 10.1. The summed E-state index contributed by atoms with van der Waals surface area (Å²) in [5, 5.41) is 4.80. The van der Waals surface area contributed by atoms with E-state index >= 15 is 0 Å². The minimum atomic E-state index is -4.11. The summed E-state index contributed by atoms with van der Waals surface area (Å²) in [4.78, 5) is 4.08. The molecule has 0 aliphatic rings. The van der Waals surface area contributed by atoms with Crippen LogP contribution in [0.2, 0.25) is 0 Å². The van der Waals surface area contributed by atoms with Crippen molar-refractivity contribution in [2.24, 2.45) is 0 Å². The van der Waals surface area contributed by atoms with Gasteiger partial charge in [-0.2, -0.15) is 13.2 Å². The van der Waals surface area contributed by atoms with Crippen LogP contribution in [0, 0.1) is 0 Å². The molecule has 0 aliphatic carbocycles. The van der Waals surface area contributed by atoms with Gasteiger partial charge in [-0.3, -0.25) is 4.98 Å². The van der Waals surface area contributed by atoms with Crippen LogP contribution >= 0.6 is 0 Å². The van der Waals surface area contributed by atoms with Crippen LogP contribution in [0.3, 0.4) is 0 Å². The van der Waals surface area contributed by atoms with Crippen LogP contribution in [0.15, 0.2) is 36.7 Å². The SMILES string of the molecule is FC(F)(F)CCNCc1cncc2ccccc12. The molecule has 1 heterocycles. The summed E-state index contributed by atoms with van der Waals surface area (Å²) >= 11 is 0. The summed E-state index contributed by atoms with van der Waals surface area (Å²) in [5.41, 5.74) is 0.912. The summed E-state index contributed by atoms with van der Waals surface area (Å²) < 4.78 is 35.9. The number of rotatable bonds is 4. The van der Waals surface area contributed by atoms with Crippen molar-refractivity contribution in [2.75, 3.05) is 6.54 Å². The average Bonchev–Trinajstić information content (AvgIpc) is 2.33. The van der Waals surface area contributed by atoms with Gasteiger partial charge in [0.2, 0.25) is 0 Å². The van der Waals surface area contributed by atoms with Gasteiger partial charge in [-0.1, -0.05) is 24.3 Å². The summed E-state index contributed by atoms with van der Waals surface area (Å²) in [7, 11) is 0. The maximum absolute atomic E-state index is 12.0. The van der Waals surface area contributed by atoms with Gasteiger partial charge in [-0.05, 0) is 10.9 Å². The Hall–Kier alpha value is -1.62. The fraction of sp³-hybridized carbons (Fsp3) is 0.308. The smallest absolute Gasteiger partial charge is 0.312 e. The highest BCUT2D eigenvalue weighted by Crippen LogP contribution is 2.19. The molecule has 2 nitrogen and oxygen atoms in total. The van der Waals surface area contributed by atoms with Gasteiger partial charge in [0.05, 0.1) is 6.42 Å². The number of hydrogen-bond acceptors (Lipinski definition) is 2. The zero-order valence-electron chi connectivity index (χ0n) is 9.67. The standard InChI is InChI=1S/C13H13F3N2/c14-13(15,16)5-6-17-8-11-9-18-7-10-3-1-2-4-12(10)11/h1-4,7,9,17H,5-6,8H2. The van der Waals surface area contributed by atoms with Gasteiger partial charge in [0.25, 0.3) is 0 Å². The maximum Gasteiger partial charge on any atom is 0.390 e. The largest absolute Gasteiger partial charge is 0.390 e. The second-order valence-corrected chi connectivity index (χ2v) is 4.06. The first kappa shape index (κ1) is 12.8. The molecule has 18 heavy (non-hydrogen) atoms. The molecule has 2 aromatic rings. The lowest BCUT2D eigenvalue weighted by molar-refractivity contribution is -0.133. The Morgan fingerprint density at radius 3 is 2.67 bits per heavy atom. The molecular weight excluding hydrogens is 241 g/mol. The van der Waals surface area contributed by atoms with Crippen molar-refractivity contribution in [3.8, 4) is 0 Å². The van der Waals surface area contributed by atoms with Crippen LogP contribution in [-0.2, 0) is 6.54 Å². The zero-order valence-corrected chi connectivity index (χ0v) is 9.67. The van der Waals surface area contributed by atoms with Crippen LogP contribution in [0.1, 0.15) is 12.0 Å². The van der Waals surface area contributed by atoms with E-state index in [1.807, 2.05) is 24.3 Å². The summed E-state index contributed by atoms with van der Waals surface area (Å²) in [6, 6.07) is 7.69. The Balaban J connectivity index is 2.00. The Kier molecular flexibility index (Phi) is 3.81. The highest BCUT2D eigenvalue weighted by Gasteiger charge is 2.25. The normalized spacial score (nSPS) is 11.9. The minimum Gasteiger partial charge on any atom is -0.312 e. The second-order valence-electron chi connectivity index (χ2n) is 4.06. The fourth-order valence-corrected chi connectivity index (χ4v) is 1.77. The Morgan fingerprint density at radius 1 is 1.11 bits per heavy atom.